The highest BCUT2D eigenvalue weighted by molar-refractivity contribution is 5.89. The number of hydrogen-bond acceptors (Lipinski definition) is 3. The Morgan fingerprint density at radius 2 is 2.06 bits per heavy atom. The van der Waals surface area contributed by atoms with Gasteiger partial charge in [0.25, 0.3) is 0 Å². The standard InChI is InChI=1S/C12H12O4/c1-2-8-15-16-11(12(13)14)9-10-6-4-3-5-7-10/h2-7,9H,1,8H2,(H,13,14). The van der Waals surface area contributed by atoms with Crippen LogP contribution in [-0.4, -0.2) is 17.7 Å². The zero-order valence-electron chi connectivity index (χ0n) is 8.63. The first kappa shape index (κ1) is 12.0. The highest BCUT2D eigenvalue weighted by Gasteiger charge is 2.09. The van der Waals surface area contributed by atoms with Crippen LogP contribution in [0.3, 0.4) is 0 Å². The molecule has 0 aromatic heterocycles. The molecule has 0 saturated carbocycles. The average Bonchev–Trinajstić information content (AvgIpc) is 2.29. The molecule has 0 radical (unpaired) electrons. The van der Waals surface area contributed by atoms with Crippen molar-refractivity contribution in [3.05, 3.63) is 54.3 Å². The van der Waals surface area contributed by atoms with E-state index in [2.05, 4.69) is 16.4 Å². The quantitative estimate of drug-likeness (QED) is 0.199. The lowest BCUT2D eigenvalue weighted by Gasteiger charge is -2.03. The molecule has 0 fully saturated rings. The van der Waals surface area contributed by atoms with Gasteiger partial charge in [-0.2, -0.15) is 4.89 Å². The zero-order chi connectivity index (χ0) is 11.8. The highest BCUT2D eigenvalue weighted by atomic mass is 17.2. The molecule has 0 bridgehead atoms. The fourth-order valence-corrected chi connectivity index (χ4v) is 0.968. The summed E-state index contributed by atoms with van der Waals surface area (Å²) in [6.45, 7) is 3.54. The molecule has 0 atom stereocenters. The molecule has 0 aliphatic rings. The predicted molar refractivity (Wildman–Crippen MR) is 59.3 cm³/mol. The lowest BCUT2D eigenvalue weighted by molar-refractivity contribution is -0.253. The number of carboxylic acid groups (broad SMARTS) is 1. The van der Waals surface area contributed by atoms with Crippen molar-refractivity contribution in [1.29, 1.82) is 0 Å². The molecule has 1 rings (SSSR count). The van der Waals surface area contributed by atoms with Crippen LogP contribution in [-0.2, 0) is 14.6 Å². The Morgan fingerprint density at radius 1 is 1.38 bits per heavy atom. The fraction of sp³-hybridized carbons (Fsp3) is 0.0833. The summed E-state index contributed by atoms with van der Waals surface area (Å²) in [4.78, 5) is 20.0. The maximum Gasteiger partial charge on any atom is 0.375 e. The van der Waals surface area contributed by atoms with Crippen molar-refractivity contribution in [2.75, 3.05) is 6.61 Å². The van der Waals surface area contributed by atoms with Gasteiger partial charge in [0.15, 0.2) is 0 Å². The first-order valence-electron chi connectivity index (χ1n) is 4.64. The molecule has 4 heteroatoms. The van der Waals surface area contributed by atoms with Crippen LogP contribution in [0.2, 0.25) is 0 Å². The predicted octanol–water partition coefficient (Wildman–Crippen LogP) is 2.25. The molecule has 1 aromatic rings. The van der Waals surface area contributed by atoms with Crippen LogP contribution in [0.4, 0.5) is 0 Å². The topological polar surface area (TPSA) is 55.8 Å². The largest absolute Gasteiger partial charge is 0.475 e. The van der Waals surface area contributed by atoms with Crippen molar-refractivity contribution in [2.45, 2.75) is 0 Å². The molecule has 0 amide bonds. The molecular weight excluding hydrogens is 208 g/mol. The summed E-state index contributed by atoms with van der Waals surface area (Å²) < 4.78 is 0. The third kappa shape index (κ3) is 3.98. The smallest absolute Gasteiger partial charge is 0.375 e. The molecule has 16 heavy (non-hydrogen) atoms. The summed E-state index contributed by atoms with van der Waals surface area (Å²) in [6, 6.07) is 8.97. The number of aliphatic carboxylic acids is 1. The molecule has 84 valence electrons. The Labute approximate surface area is 93.4 Å². The van der Waals surface area contributed by atoms with E-state index < -0.39 is 5.97 Å². The number of hydrogen-bond donors (Lipinski definition) is 1. The van der Waals surface area contributed by atoms with Crippen molar-refractivity contribution in [1.82, 2.24) is 0 Å². The SMILES string of the molecule is C=CCOOC(=Cc1ccccc1)C(=O)O. The van der Waals surface area contributed by atoms with Crippen molar-refractivity contribution >= 4 is 12.0 Å². The molecule has 0 saturated heterocycles. The Balaban J connectivity index is 2.73. The van der Waals surface area contributed by atoms with Gasteiger partial charge in [-0.25, -0.2) is 4.79 Å². The van der Waals surface area contributed by atoms with Gasteiger partial charge in [-0.1, -0.05) is 36.4 Å². The molecule has 1 aromatic carbocycles. The van der Waals surface area contributed by atoms with Crippen LogP contribution >= 0.6 is 0 Å². The Kier molecular flexibility index (Phi) is 4.82. The molecule has 0 heterocycles. The van der Waals surface area contributed by atoms with Gasteiger partial charge >= 0.3 is 5.97 Å². The van der Waals surface area contributed by atoms with E-state index in [1.54, 1.807) is 24.3 Å². The maximum atomic E-state index is 10.8. The molecular formula is C12H12O4. The highest BCUT2D eigenvalue weighted by Crippen LogP contribution is 2.08. The normalized spacial score (nSPS) is 10.9. The zero-order valence-corrected chi connectivity index (χ0v) is 8.63. The number of benzene rings is 1. The van der Waals surface area contributed by atoms with Crippen LogP contribution in [0.15, 0.2) is 48.7 Å². The number of carbonyl (C=O) groups is 1. The Bertz CT molecular complexity index is 381. The van der Waals surface area contributed by atoms with Gasteiger partial charge in [-0.05, 0) is 11.6 Å². The number of carboxylic acids is 1. The molecule has 4 nitrogen and oxygen atoms in total. The van der Waals surface area contributed by atoms with Gasteiger partial charge < -0.3 is 9.99 Å². The van der Waals surface area contributed by atoms with Gasteiger partial charge in [0.05, 0.1) is 0 Å². The first-order valence-corrected chi connectivity index (χ1v) is 4.64. The third-order valence-corrected chi connectivity index (χ3v) is 1.64. The minimum Gasteiger partial charge on any atom is -0.475 e. The second kappa shape index (κ2) is 6.42. The summed E-state index contributed by atoms with van der Waals surface area (Å²) in [5, 5.41) is 8.83. The van der Waals surface area contributed by atoms with E-state index in [-0.39, 0.29) is 12.4 Å². The molecule has 0 aliphatic carbocycles. The van der Waals surface area contributed by atoms with Crippen molar-refractivity contribution < 1.29 is 19.7 Å². The second-order valence-corrected chi connectivity index (χ2v) is 2.88. The van der Waals surface area contributed by atoms with E-state index in [0.29, 0.717) is 0 Å². The third-order valence-electron chi connectivity index (χ3n) is 1.64. The van der Waals surface area contributed by atoms with E-state index in [1.807, 2.05) is 6.07 Å². The van der Waals surface area contributed by atoms with Crippen LogP contribution in [0.25, 0.3) is 6.08 Å². The van der Waals surface area contributed by atoms with E-state index >= 15 is 0 Å². The lowest BCUT2D eigenvalue weighted by Crippen LogP contribution is -2.05. The van der Waals surface area contributed by atoms with Gasteiger partial charge in [0.1, 0.15) is 6.61 Å². The minimum absolute atomic E-state index is 0.124. The first-order chi connectivity index (χ1) is 7.74. The molecule has 0 aliphatic heterocycles. The van der Waals surface area contributed by atoms with Gasteiger partial charge in [-0.3, -0.25) is 0 Å². The van der Waals surface area contributed by atoms with E-state index in [1.165, 1.54) is 12.2 Å². The average molecular weight is 220 g/mol. The Morgan fingerprint density at radius 3 is 2.62 bits per heavy atom. The monoisotopic (exact) mass is 220 g/mol. The minimum atomic E-state index is -1.19. The summed E-state index contributed by atoms with van der Waals surface area (Å²) in [7, 11) is 0. The van der Waals surface area contributed by atoms with Crippen LogP contribution in [0.5, 0.6) is 0 Å². The number of rotatable bonds is 6. The molecule has 1 N–H and O–H groups in total. The van der Waals surface area contributed by atoms with Gasteiger partial charge in [-0.15, -0.1) is 6.58 Å². The van der Waals surface area contributed by atoms with Crippen molar-refractivity contribution in [3.8, 4) is 0 Å². The van der Waals surface area contributed by atoms with E-state index in [9.17, 15) is 4.79 Å². The lowest BCUT2D eigenvalue weighted by atomic mass is 10.2. The van der Waals surface area contributed by atoms with Crippen molar-refractivity contribution in [3.63, 3.8) is 0 Å². The van der Waals surface area contributed by atoms with E-state index in [0.717, 1.165) is 5.56 Å². The summed E-state index contributed by atoms with van der Waals surface area (Å²) >= 11 is 0. The van der Waals surface area contributed by atoms with Crippen LogP contribution < -0.4 is 0 Å². The maximum absolute atomic E-state index is 10.8. The van der Waals surface area contributed by atoms with Crippen LogP contribution in [0.1, 0.15) is 5.56 Å². The van der Waals surface area contributed by atoms with Gasteiger partial charge in [0, 0.05) is 0 Å². The van der Waals surface area contributed by atoms with Crippen LogP contribution in [0, 0.1) is 0 Å². The van der Waals surface area contributed by atoms with Crippen molar-refractivity contribution in [2.24, 2.45) is 0 Å². The summed E-state index contributed by atoms with van der Waals surface area (Å²) in [5.41, 5.74) is 0.724. The van der Waals surface area contributed by atoms with E-state index in [4.69, 9.17) is 5.11 Å². The Hall–Kier alpha value is -2.07. The summed E-state index contributed by atoms with van der Waals surface area (Å²) in [6.07, 6.45) is 2.84. The fourth-order valence-electron chi connectivity index (χ4n) is 0.968. The van der Waals surface area contributed by atoms with Gasteiger partial charge in [0.2, 0.25) is 5.76 Å². The molecule has 0 spiro atoms. The molecule has 0 unspecified atom stereocenters. The second-order valence-electron chi connectivity index (χ2n) is 2.88. The summed E-state index contributed by atoms with van der Waals surface area (Å²) in [5.74, 6) is -1.46.